The van der Waals surface area contributed by atoms with E-state index < -0.39 is 0 Å². The van der Waals surface area contributed by atoms with Crippen LogP contribution in [0.15, 0.2) is 24.3 Å². The lowest BCUT2D eigenvalue weighted by Gasteiger charge is -2.19. The molecule has 3 heteroatoms. The molecule has 1 unspecified atom stereocenters. The fraction of sp³-hybridized carbons (Fsp3) is 0.625. The molecule has 1 aliphatic rings. The van der Waals surface area contributed by atoms with E-state index >= 15 is 0 Å². The van der Waals surface area contributed by atoms with Crippen LogP contribution in [-0.4, -0.2) is 44.2 Å². The van der Waals surface area contributed by atoms with Gasteiger partial charge in [0.05, 0.1) is 7.11 Å². The first-order chi connectivity index (χ1) is 9.29. The lowest BCUT2D eigenvalue weighted by molar-refractivity contribution is 0.328. The number of para-hydroxylation sites is 1. The molecule has 0 saturated carbocycles. The van der Waals surface area contributed by atoms with Crippen molar-refractivity contribution in [2.75, 3.05) is 33.3 Å². The van der Waals surface area contributed by atoms with Crippen LogP contribution in [0.4, 0.5) is 0 Å². The summed E-state index contributed by atoms with van der Waals surface area (Å²) in [5.74, 6) is 0.996. The van der Waals surface area contributed by atoms with Gasteiger partial charge in [0.25, 0.3) is 0 Å². The van der Waals surface area contributed by atoms with Crippen molar-refractivity contribution in [3.05, 3.63) is 29.8 Å². The summed E-state index contributed by atoms with van der Waals surface area (Å²) in [6.45, 7) is 7.06. The largest absolute Gasteiger partial charge is 0.496 e. The molecule has 1 fully saturated rings. The molecule has 19 heavy (non-hydrogen) atoms. The number of rotatable bonds is 7. The zero-order valence-corrected chi connectivity index (χ0v) is 12.2. The Kier molecular flexibility index (Phi) is 5.67. The number of methoxy groups -OCH3 is 1. The fourth-order valence-corrected chi connectivity index (χ4v) is 2.75. The first-order valence-corrected chi connectivity index (χ1v) is 7.37. The molecule has 1 N–H and O–H groups in total. The van der Waals surface area contributed by atoms with Gasteiger partial charge in [0.1, 0.15) is 5.75 Å². The Morgan fingerprint density at radius 1 is 1.26 bits per heavy atom. The third kappa shape index (κ3) is 4.51. The highest BCUT2D eigenvalue weighted by Crippen LogP contribution is 2.18. The molecule has 106 valence electrons. The highest BCUT2D eigenvalue weighted by atomic mass is 16.5. The summed E-state index contributed by atoms with van der Waals surface area (Å²) in [6, 6.07) is 8.77. The maximum Gasteiger partial charge on any atom is 0.122 e. The molecule has 1 aliphatic heterocycles. The summed E-state index contributed by atoms with van der Waals surface area (Å²) in [7, 11) is 1.74. The number of ether oxygens (including phenoxy) is 1. The minimum absolute atomic E-state index is 0.485. The van der Waals surface area contributed by atoms with Crippen molar-refractivity contribution in [1.82, 2.24) is 10.2 Å². The van der Waals surface area contributed by atoms with Gasteiger partial charge in [-0.05, 0) is 50.9 Å². The van der Waals surface area contributed by atoms with Crippen molar-refractivity contribution in [1.29, 1.82) is 0 Å². The first-order valence-electron chi connectivity index (χ1n) is 7.37. The van der Waals surface area contributed by atoms with Crippen molar-refractivity contribution in [2.45, 2.75) is 32.2 Å². The minimum atomic E-state index is 0.485. The van der Waals surface area contributed by atoms with Crippen LogP contribution < -0.4 is 10.1 Å². The fourth-order valence-electron chi connectivity index (χ4n) is 2.75. The number of nitrogens with one attached hydrogen (secondary N) is 1. The highest BCUT2D eigenvalue weighted by molar-refractivity contribution is 5.33. The lowest BCUT2D eigenvalue weighted by Crippen LogP contribution is -2.35. The number of nitrogens with zero attached hydrogens (tertiary/aromatic N) is 1. The summed E-state index contributed by atoms with van der Waals surface area (Å²) >= 11 is 0. The highest BCUT2D eigenvalue weighted by Gasteiger charge is 2.11. The number of likely N-dealkylation sites (tertiary alicyclic amines) is 1. The Balaban J connectivity index is 1.72. The van der Waals surface area contributed by atoms with Gasteiger partial charge in [-0.2, -0.15) is 0 Å². The average molecular weight is 262 g/mol. The van der Waals surface area contributed by atoms with Crippen molar-refractivity contribution in [3.63, 3.8) is 0 Å². The maximum atomic E-state index is 5.40. The number of hydrogen-bond acceptors (Lipinski definition) is 3. The molecule has 0 aliphatic carbocycles. The van der Waals surface area contributed by atoms with Crippen molar-refractivity contribution < 1.29 is 4.74 Å². The van der Waals surface area contributed by atoms with Gasteiger partial charge in [-0.15, -0.1) is 0 Å². The molecular formula is C16H26N2O. The van der Waals surface area contributed by atoms with Crippen LogP contribution in [0.25, 0.3) is 0 Å². The Morgan fingerprint density at radius 3 is 2.74 bits per heavy atom. The second kappa shape index (κ2) is 7.51. The van der Waals surface area contributed by atoms with E-state index in [1.54, 1.807) is 7.11 Å². The van der Waals surface area contributed by atoms with E-state index in [2.05, 4.69) is 29.3 Å². The molecule has 1 aromatic carbocycles. The molecule has 1 saturated heterocycles. The van der Waals surface area contributed by atoms with E-state index in [1.165, 1.54) is 38.0 Å². The summed E-state index contributed by atoms with van der Waals surface area (Å²) in [5, 5.41) is 3.61. The summed E-state index contributed by atoms with van der Waals surface area (Å²) < 4.78 is 5.40. The molecule has 0 bridgehead atoms. The third-order valence-corrected chi connectivity index (χ3v) is 3.84. The Labute approximate surface area is 116 Å². The lowest BCUT2D eigenvalue weighted by atomic mass is 10.1. The van der Waals surface area contributed by atoms with E-state index in [9.17, 15) is 0 Å². The standard InChI is InChI=1S/C16H26N2O/c1-14(17-9-12-18-10-5-6-11-18)13-15-7-3-4-8-16(15)19-2/h3-4,7-8,14,17H,5-6,9-13H2,1-2H3. The predicted octanol–water partition coefficient (Wildman–Crippen LogP) is 2.31. The van der Waals surface area contributed by atoms with Gasteiger partial charge >= 0.3 is 0 Å². The van der Waals surface area contributed by atoms with E-state index in [-0.39, 0.29) is 0 Å². The molecule has 1 aromatic rings. The molecule has 1 atom stereocenters. The normalized spacial score (nSPS) is 17.6. The molecule has 0 spiro atoms. The van der Waals surface area contributed by atoms with Crippen LogP contribution in [0.2, 0.25) is 0 Å². The van der Waals surface area contributed by atoms with Gasteiger partial charge in [0, 0.05) is 19.1 Å². The Morgan fingerprint density at radius 2 is 2.00 bits per heavy atom. The van der Waals surface area contributed by atoms with Crippen LogP contribution in [0.5, 0.6) is 5.75 Å². The topological polar surface area (TPSA) is 24.5 Å². The quantitative estimate of drug-likeness (QED) is 0.816. The second-order valence-corrected chi connectivity index (χ2v) is 5.42. The summed E-state index contributed by atoms with van der Waals surface area (Å²) in [5.41, 5.74) is 1.28. The molecule has 2 rings (SSSR count). The maximum absolute atomic E-state index is 5.40. The smallest absolute Gasteiger partial charge is 0.122 e. The van der Waals surface area contributed by atoms with E-state index in [1.807, 2.05) is 12.1 Å². The van der Waals surface area contributed by atoms with Crippen LogP contribution in [0.3, 0.4) is 0 Å². The van der Waals surface area contributed by atoms with Gasteiger partial charge in [-0.3, -0.25) is 0 Å². The van der Waals surface area contributed by atoms with Gasteiger partial charge in [-0.25, -0.2) is 0 Å². The van der Waals surface area contributed by atoms with E-state index in [0.717, 1.165) is 18.7 Å². The van der Waals surface area contributed by atoms with Crippen LogP contribution in [-0.2, 0) is 6.42 Å². The zero-order chi connectivity index (χ0) is 13.5. The molecular weight excluding hydrogens is 236 g/mol. The van der Waals surface area contributed by atoms with Gasteiger partial charge in [0.15, 0.2) is 0 Å². The summed E-state index contributed by atoms with van der Waals surface area (Å²) in [4.78, 5) is 2.54. The van der Waals surface area contributed by atoms with E-state index in [4.69, 9.17) is 4.74 Å². The van der Waals surface area contributed by atoms with Crippen molar-refractivity contribution in [2.24, 2.45) is 0 Å². The monoisotopic (exact) mass is 262 g/mol. The molecule has 3 nitrogen and oxygen atoms in total. The molecule has 1 heterocycles. The van der Waals surface area contributed by atoms with E-state index in [0.29, 0.717) is 6.04 Å². The Bertz CT molecular complexity index is 375. The molecule has 0 radical (unpaired) electrons. The summed E-state index contributed by atoms with van der Waals surface area (Å²) in [6.07, 6.45) is 3.76. The third-order valence-electron chi connectivity index (χ3n) is 3.84. The zero-order valence-electron chi connectivity index (χ0n) is 12.2. The van der Waals surface area contributed by atoms with Gasteiger partial charge in [0.2, 0.25) is 0 Å². The van der Waals surface area contributed by atoms with Gasteiger partial charge in [-0.1, -0.05) is 18.2 Å². The van der Waals surface area contributed by atoms with Crippen LogP contribution in [0, 0.1) is 0 Å². The number of benzene rings is 1. The first kappa shape index (κ1) is 14.4. The van der Waals surface area contributed by atoms with Crippen LogP contribution in [0.1, 0.15) is 25.3 Å². The van der Waals surface area contributed by atoms with Crippen molar-refractivity contribution >= 4 is 0 Å². The number of hydrogen-bond donors (Lipinski definition) is 1. The average Bonchev–Trinajstić information content (AvgIpc) is 2.92. The Hall–Kier alpha value is -1.06. The van der Waals surface area contributed by atoms with Gasteiger partial charge < -0.3 is 15.0 Å². The predicted molar refractivity (Wildman–Crippen MR) is 79.8 cm³/mol. The second-order valence-electron chi connectivity index (χ2n) is 5.42. The SMILES string of the molecule is COc1ccccc1CC(C)NCCN1CCCC1. The minimum Gasteiger partial charge on any atom is -0.496 e. The molecule has 0 amide bonds. The van der Waals surface area contributed by atoms with Crippen LogP contribution >= 0.6 is 0 Å². The van der Waals surface area contributed by atoms with Crippen molar-refractivity contribution in [3.8, 4) is 5.75 Å². The molecule has 0 aromatic heterocycles.